The Balaban J connectivity index is 2.20. The summed E-state index contributed by atoms with van der Waals surface area (Å²) in [7, 11) is -3.60. The zero-order valence-electron chi connectivity index (χ0n) is 13.8. The molecule has 0 unspecified atom stereocenters. The zero-order valence-corrected chi connectivity index (χ0v) is 14.7. The van der Waals surface area contributed by atoms with Gasteiger partial charge in [-0.25, -0.2) is 17.6 Å². The van der Waals surface area contributed by atoms with Crippen molar-refractivity contribution in [3.8, 4) is 0 Å². The molecule has 1 saturated heterocycles. The van der Waals surface area contributed by atoms with Gasteiger partial charge in [0.2, 0.25) is 10.0 Å². The van der Waals surface area contributed by atoms with E-state index in [4.69, 9.17) is 14.3 Å². The lowest BCUT2D eigenvalue weighted by molar-refractivity contribution is -0.0955. The molecule has 1 aliphatic heterocycles. The topological polar surface area (TPSA) is 129 Å². The van der Waals surface area contributed by atoms with Crippen LogP contribution in [-0.4, -0.2) is 55.3 Å². The standard InChI is InChI=1S/C13H20FN3O7S/c1-7(2)23-11-8(6-22-16-25(3,20)21)24-12(10(11)14)17-5-4-9(18)15-13(17)19/h4-5,7-8,10-12,16H,6H2,1-3H3,(H,15,18,19)/t8-,10-,11-,12-/m1/s1. The van der Waals surface area contributed by atoms with Crippen LogP contribution in [0.2, 0.25) is 0 Å². The summed E-state index contributed by atoms with van der Waals surface area (Å²) in [5.74, 6) is 0. The molecule has 1 aromatic rings. The molecule has 10 nitrogen and oxygen atoms in total. The molecule has 1 aliphatic rings. The number of ether oxygens (including phenoxy) is 2. The number of sulfonamides is 1. The normalized spacial score (nSPS) is 27.1. The number of nitrogens with zero attached hydrogens (tertiary/aromatic N) is 1. The van der Waals surface area contributed by atoms with Crippen LogP contribution < -0.4 is 16.1 Å². The molecule has 25 heavy (non-hydrogen) atoms. The van der Waals surface area contributed by atoms with Gasteiger partial charge in [-0.1, -0.05) is 4.89 Å². The average Bonchev–Trinajstić information content (AvgIpc) is 2.75. The van der Waals surface area contributed by atoms with Crippen LogP contribution in [0.5, 0.6) is 0 Å². The third-order valence-electron chi connectivity index (χ3n) is 3.28. The van der Waals surface area contributed by atoms with Crippen LogP contribution in [0.25, 0.3) is 0 Å². The SMILES string of the molecule is CC(C)O[C@H]1[C@@H](F)[C@H](n2ccc(=O)[nH]c2=O)O[C@@H]1CONS(C)(=O)=O. The molecule has 2 heterocycles. The van der Waals surface area contributed by atoms with Gasteiger partial charge in [0.1, 0.15) is 12.2 Å². The second-order valence-corrected chi connectivity index (χ2v) is 7.55. The van der Waals surface area contributed by atoms with Crippen molar-refractivity contribution in [2.45, 2.75) is 44.6 Å². The molecule has 0 aromatic carbocycles. The maximum absolute atomic E-state index is 14.8. The summed E-state index contributed by atoms with van der Waals surface area (Å²) >= 11 is 0. The van der Waals surface area contributed by atoms with Gasteiger partial charge in [-0.15, -0.1) is 0 Å². The molecule has 12 heteroatoms. The largest absolute Gasteiger partial charge is 0.370 e. The number of aromatic nitrogens is 2. The number of hydrogen-bond donors (Lipinski definition) is 2. The van der Waals surface area contributed by atoms with Gasteiger partial charge < -0.3 is 9.47 Å². The average molecular weight is 381 g/mol. The van der Waals surface area contributed by atoms with Crippen molar-refractivity contribution in [2.75, 3.05) is 12.9 Å². The predicted molar refractivity (Wildman–Crippen MR) is 84.1 cm³/mol. The lowest BCUT2D eigenvalue weighted by Crippen LogP contribution is -2.39. The Morgan fingerprint density at radius 1 is 1.44 bits per heavy atom. The van der Waals surface area contributed by atoms with Crippen LogP contribution in [-0.2, 0) is 24.3 Å². The number of aromatic amines is 1. The molecular formula is C13H20FN3O7S. The number of rotatable bonds is 7. The van der Waals surface area contributed by atoms with Crippen molar-refractivity contribution in [1.82, 2.24) is 14.4 Å². The molecule has 0 amide bonds. The Hall–Kier alpha value is -1.60. The lowest BCUT2D eigenvalue weighted by Gasteiger charge is -2.21. The molecule has 1 aromatic heterocycles. The minimum absolute atomic E-state index is 0.334. The number of halogens is 1. The van der Waals surface area contributed by atoms with E-state index < -0.39 is 45.9 Å². The number of hydrogen-bond acceptors (Lipinski definition) is 7. The van der Waals surface area contributed by atoms with Gasteiger partial charge in [0.15, 0.2) is 12.4 Å². The summed E-state index contributed by atoms with van der Waals surface area (Å²) in [5.41, 5.74) is -1.46. The first-order valence-electron chi connectivity index (χ1n) is 7.43. The minimum Gasteiger partial charge on any atom is -0.370 e. The van der Waals surface area contributed by atoms with E-state index in [0.717, 1.165) is 23.1 Å². The van der Waals surface area contributed by atoms with Gasteiger partial charge in [-0.2, -0.15) is 0 Å². The van der Waals surface area contributed by atoms with E-state index >= 15 is 0 Å². The van der Waals surface area contributed by atoms with E-state index in [1.54, 1.807) is 13.8 Å². The smallest absolute Gasteiger partial charge is 0.330 e. The molecule has 0 spiro atoms. The third-order valence-corrected chi connectivity index (χ3v) is 3.70. The third kappa shape index (κ3) is 5.19. The maximum atomic E-state index is 14.8. The Morgan fingerprint density at radius 2 is 2.12 bits per heavy atom. The second-order valence-electron chi connectivity index (χ2n) is 5.84. The van der Waals surface area contributed by atoms with Crippen molar-refractivity contribution >= 4 is 10.0 Å². The molecule has 4 atom stereocenters. The Morgan fingerprint density at radius 3 is 2.68 bits per heavy atom. The molecule has 142 valence electrons. The highest BCUT2D eigenvalue weighted by molar-refractivity contribution is 7.88. The fourth-order valence-corrected chi connectivity index (χ4v) is 2.66. The van der Waals surface area contributed by atoms with E-state index in [0.29, 0.717) is 0 Å². The number of alkyl halides is 1. The van der Waals surface area contributed by atoms with Crippen LogP contribution >= 0.6 is 0 Å². The van der Waals surface area contributed by atoms with E-state index in [1.807, 2.05) is 9.87 Å². The first kappa shape index (κ1) is 19.7. The summed E-state index contributed by atoms with van der Waals surface area (Å²) in [6.45, 7) is 3.05. The molecule has 1 fully saturated rings. The van der Waals surface area contributed by atoms with Crippen LogP contribution in [0, 0.1) is 0 Å². The number of nitrogens with one attached hydrogen (secondary N) is 2. The monoisotopic (exact) mass is 381 g/mol. The number of H-pyrrole nitrogens is 1. The first-order chi connectivity index (χ1) is 11.6. The lowest BCUT2D eigenvalue weighted by atomic mass is 10.1. The summed E-state index contributed by atoms with van der Waals surface area (Å²) in [5, 5.41) is 0. The molecule has 0 radical (unpaired) electrons. The van der Waals surface area contributed by atoms with E-state index in [9.17, 15) is 22.4 Å². The second kappa shape index (κ2) is 7.74. The summed E-state index contributed by atoms with van der Waals surface area (Å²) in [6.07, 6.45) is -3.49. The van der Waals surface area contributed by atoms with Crippen LogP contribution in [0.4, 0.5) is 4.39 Å². The van der Waals surface area contributed by atoms with Gasteiger partial charge in [0.05, 0.1) is 19.0 Å². The predicted octanol–water partition coefficient (Wildman–Crippen LogP) is -0.953. The van der Waals surface area contributed by atoms with Crippen molar-refractivity contribution in [2.24, 2.45) is 0 Å². The van der Waals surface area contributed by atoms with Crippen molar-refractivity contribution in [3.63, 3.8) is 0 Å². The molecule has 2 rings (SSSR count). The van der Waals surface area contributed by atoms with Gasteiger partial charge >= 0.3 is 5.69 Å². The quantitative estimate of drug-likeness (QED) is 0.583. The Labute approximate surface area is 142 Å². The summed E-state index contributed by atoms with van der Waals surface area (Å²) in [4.78, 5) is 31.6. The summed E-state index contributed by atoms with van der Waals surface area (Å²) in [6, 6.07) is 1.06. The van der Waals surface area contributed by atoms with Crippen LogP contribution in [0.3, 0.4) is 0 Å². The highest BCUT2D eigenvalue weighted by atomic mass is 32.2. The van der Waals surface area contributed by atoms with Gasteiger partial charge in [-0.05, 0) is 13.8 Å². The van der Waals surface area contributed by atoms with E-state index in [2.05, 4.69) is 0 Å². The fraction of sp³-hybridized carbons (Fsp3) is 0.692. The highest BCUT2D eigenvalue weighted by Gasteiger charge is 2.48. The fourth-order valence-electron chi connectivity index (χ4n) is 2.38. The van der Waals surface area contributed by atoms with Crippen molar-refractivity contribution < 1.29 is 27.1 Å². The van der Waals surface area contributed by atoms with Crippen LogP contribution in [0.15, 0.2) is 21.9 Å². The minimum atomic E-state index is -3.60. The first-order valence-corrected chi connectivity index (χ1v) is 9.32. The van der Waals surface area contributed by atoms with Crippen molar-refractivity contribution in [3.05, 3.63) is 33.1 Å². The molecule has 0 bridgehead atoms. The zero-order chi connectivity index (χ0) is 18.8. The van der Waals surface area contributed by atoms with E-state index in [-0.39, 0.29) is 12.7 Å². The molecule has 2 N–H and O–H groups in total. The van der Waals surface area contributed by atoms with Gasteiger partial charge in [0, 0.05) is 12.3 Å². The Bertz CT molecular complexity index is 806. The highest BCUT2D eigenvalue weighted by Crippen LogP contribution is 2.33. The molecule has 0 saturated carbocycles. The van der Waals surface area contributed by atoms with Gasteiger partial charge in [0.25, 0.3) is 5.56 Å². The molecular weight excluding hydrogens is 361 g/mol. The van der Waals surface area contributed by atoms with Crippen LogP contribution in [0.1, 0.15) is 20.1 Å². The Kier molecular flexibility index (Phi) is 6.11. The van der Waals surface area contributed by atoms with E-state index in [1.165, 1.54) is 0 Å². The maximum Gasteiger partial charge on any atom is 0.330 e. The van der Waals surface area contributed by atoms with Crippen molar-refractivity contribution in [1.29, 1.82) is 0 Å². The van der Waals surface area contributed by atoms with Gasteiger partial charge in [-0.3, -0.25) is 19.2 Å². The molecule has 0 aliphatic carbocycles. The summed E-state index contributed by atoms with van der Waals surface area (Å²) < 4.78 is 48.7.